The molecule has 1 amide bonds. The fraction of sp³-hybridized carbons (Fsp3) is 0.562. The molecule has 0 aliphatic rings. The van der Waals surface area contributed by atoms with Crippen LogP contribution in [0.15, 0.2) is 18.2 Å². The SMILES string of the molecule is CC(C)CCCCCCNC(=O)c1c(N)cccc1Cl. The smallest absolute Gasteiger partial charge is 0.254 e. The van der Waals surface area contributed by atoms with Crippen LogP contribution in [0.3, 0.4) is 0 Å². The Morgan fingerprint density at radius 1 is 1.25 bits per heavy atom. The molecule has 1 aromatic rings. The average Bonchev–Trinajstić information content (AvgIpc) is 2.37. The van der Waals surface area contributed by atoms with Crippen molar-refractivity contribution in [1.29, 1.82) is 0 Å². The lowest BCUT2D eigenvalue weighted by atomic mass is 10.0. The third-order valence-electron chi connectivity index (χ3n) is 3.27. The van der Waals surface area contributed by atoms with Gasteiger partial charge in [-0.05, 0) is 24.5 Å². The van der Waals surface area contributed by atoms with Gasteiger partial charge in [-0.3, -0.25) is 4.79 Å². The molecule has 3 N–H and O–H groups in total. The molecule has 0 aromatic heterocycles. The number of amides is 1. The second-order valence-corrected chi connectivity index (χ2v) is 5.96. The number of benzene rings is 1. The second-order valence-electron chi connectivity index (χ2n) is 5.56. The molecule has 1 aromatic carbocycles. The van der Waals surface area contributed by atoms with Gasteiger partial charge in [0.05, 0.1) is 10.6 Å². The predicted molar refractivity (Wildman–Crippen MR) is 86.1 cm³/mol. The Morgan fingerprint density at radius 3 is 2.60 bits per heavy atom. The molecule has 0 saturated heterocycles. The van der Waals surface area contributed by atoms with Gasteiger partial charge in [0.15, 0.2) is 0 Å². The average molecular weight is 297 g/mol. The number of anilines is 1. The summed E-state index contributed by atoms with van der Waals surface area (Å²) in [6, 6.07) is 5.11. The monoisotopic (exact) mass is 296 g/mol. The molecule has 3 nitrogen and oxygen atoms in total. The van der Waals surface area contributed by atoms with E-state index in [0.717, 1.165) is 18.8 Å². The summed E-state index contributed by atoms with van der Waals surface area (Å²) in [4.78, 5) is 12.0. The van der Waals surface area contributed by atoms with Crippen molar-refractivity contribution in [3.63, 3.8) is 0 Å². The molecule has 1 rings (SSSR count). The maximum absolute atomic E-state index is 12.0. The van der Waals surface area contributed by atoms with E-state index >= 15 is 0 Å². The molecule has 0 radical (unpaired) electrons. The number of hydrogen-bond donors (Lipinski definition) is 2. The lowest BCUT2D eigenvalue weighted by Crippen LogP contribution is -2.25. The summed E-state index contributed by atoms with van der Waals surface area (Å²) in [5.74, 6) is 0.591. The van der Waals surface area contributed by atoms with E-state index in [9.17, 15) is 4.79 Å². The van der Waals surface area contributed by atoms with Crippen LogP contribution >= 0.6 is 11.6 Å². The molecular formula is C16H25ClN2O. The Kier molecular flexibility index (Phi) is 7.45. The number of carbonyl (C=O) groups is 1. The number of halogens is 1. The summed E-state index contributed by atoms with van der Waals surface area (Å²) in [5.41, 5.74) is 6.58. The van der Waals surface area contributed by atoms with Crippen molar-refractivity contribution in [2.75, 3.05) is 12.3 Å². The Bertz CT molecular complexity index is 412. The highest BCUT2D eigenvalue weighted by Crippen LogP contribution is 2.21. The maximum Gasteiger partial charge on any atom is 0.254 e. The van der Waals surface area contributed by atoms with Crippen molar-refractivity contribution in [2.45, 2.75) is 46.0 Å². The molecule has 0 saturated carbocycles. The maximum atomic E-state index is 12.0. The van der Waals surface area contributed by atoms with Crippen LogP contribution in [0.5, 0.6) is 0 Å². The first-order chi connectivity index (χ1) is 9.52. The number of unbranched alkanes of at least 4 members (excludes halogenated alkanes) is 3. The minimum absolute atomic E-state index is 0.185. The lowest BCUT2D eigenvalue weighted by Gasteiger charge is -2.09. The minimum Gasteiger partial charge on any atom is -0.398 e. The van der Waals surface area contributed by atoms with Crippen molar-refractivity contribution in [3.8, 4) is 0 Å². The largest absolute Gasteiger partial charge is 0.398 e. The van der Waals surface area contributed by atoms with Gasteiger partial charge in [0.25, 0.3) is 5.91 Å². The highest BCUT2D eigenvalue weighted by molar-refractivity contribution is 6.34. The van der Waals surface area contributed by atoms with Crippen LogP contribution in [0.1, 0.15) is 56.3 Å². The molecule has 0 bridgehead atoms. The second kappa shape index (κ2) is 8.85. The van der Waals surface area contributed by atoms with Crippen molar-refractivity contribution in [2.24, 2.45) is 5.92 Å². The quantitative estimate of drug-likeness (QED) is 0.556. The highest BCUT2D eigenvalue weighted by Gasteiger charge is 2.12. The van der Waals surface area contributed by atoms with Crippen molar-refractivity contribution in [1.82, 2.24) is 5.32 Å². The Morgan fingerprint density at radius 2 is 1.95 bits per heavy atom. The number of nitrogens with one attached hydrogen (secondary N) is 1. The zero-order valence-corrected chi connectivity index (χ0v) is 13.2. The first-order valence-electron chi connectivity index (χ1n) is 7.34. The van der Waals surface area contributed by atoms with Crippen molar-refractivity contribution < 1.29 is 4.79 Å². The van der Waals surface area contributed by atoms with Crippen LogP contribution in [0.4, 0.5) is 5.69 Å². The molecule has 0 unspecified atom stereocenters. The number of nitrogen functional groups attached to an aromatic ring is 1. The Hall–Kier alpha value is -1.22. The first-order valence-corrected chi connectivity index (χ1v) is 7.72. The normalized spacial score (nSPS) is 10.8. The molecule has 0 spiro atoms. The fourth-order valence-electron chi connectivity index (χ4n) is 2.10. The zero-order valence-electron chi connectivity index (χ0n) is 12.4. The number of hydrogen-bond acceptors (Lipinski definition) is 2. The van der Waals surface area contributed by atoms with E-state index in [0.29, 0.717) is 22.8 Å². The van der Waals surface area contributed by atoms with Crippen LogP contribution < -0.4 is 11.1 Å². The Labute approximate surface area is 126 Å². The summed E-state index contributed by atoms with van der Waals surface area (Å²) < 4.78 is 0. The van der Waals surface area contributed by atoms with Gasteiger partial charge in [0.2, 0.25) is 0 Å². The van der Waals surface area contributed by atoms with E-state index in [-0.39, 0.29) is 5.91 Å². The van der Waals surface area contributed by atoms with Gasteiger partial charge >= 0.3 is 0 Å². The Balaban J connectivity index is 2.24. The van der Waals surface area contributed by atoms with E-state index in [1.807, 2.05) is 0 Å². The summed E-state index contributed by atoms with van der Waals surface area (Å²) in [6.45, 7) is 5.16. The van der Waals surface area contributed by atoms with Gasteiger partial charge in [-0.15, -0.1) is 0 Å². The zero-order chi connectivity index (χ0) is 15.0. The van der Waals surface area contributed by atoms with E-state index in [4.69, 9.17) is 17.3 Å². The standard InChI is InChI=1S/C16H25ClN2O/c1-12(2)8-5-3-4-6-11-19-16(20)15-13(17)9-7-10-14(15)18/h7,9-10,12H,3-6,8,11,18H2,1-2H3,(H,19,20). The van der Waals surface area contributed by atoms with Gasteiger partial charge in [-0.1, -0.05) is 57.2 Å². The molecular weight excluding hydrogens is 272 g/mol. The lowest BCUT2D eigenvalue weighted by molar-refractivity contribution is 0.0954. The van der Waals surface area contributed by atoms with Gasteiger partial charge in [0.1, 0.15) is 0 Å². The predicted octanol–water partition coefficient (Wildman–Crippen LogP) is 4.26. The fourth-order valence-corrected chi connectivity index (χ4v) is 2.37. The van der Waals surface area contributed by atoms with Crippen LogP contribution in [0, 0.1) is 5.92 Å². The van der Waals surface area contributed by atoms with E-state index in [2.05, 4.69) is 19.2 Å². The van der Waals surface area contributed by atoms with Crippen molar-refractivity contribution >= 4 is 23.2 Å². The van der Waals surface area contributed by atoms with Crippen LogP contribution in [-0.2, 0) is 0 Å². The van der Waals surface area contributed by atoms with E-state index in [1.165, 1.54) is 19.3 Å². The summed E-state index contributed by atoms with van der Waals surface area (Å²) in [6.07, 6.45) is 5.91. The van der Waals surface area contributed by atoms with E-state index in [1.54, 1.807) is 18.2 Å². The van der Waals surface area contributed by atoms with Crippen LogP contribution in [0.25, 0.3) is 0 Å². The third-order valence-corrected chi connectivity index (χ3v) is 3.58. The molecule has 112 valence electrons. The van der Waals surface area contributed by atoms with E-state index < -0.39 is 0 Å². The summed E-state index contributed by atoms with van der Waals surface area (Å²) >= 11 is 5.99. The molecule has 0 atom stereocenters. The summed E-state index contributed by atoms with van der Waals surface area (Å²) in [5, 5.41) is 3.28. The van der Waals surface area contributed by atoms with Gasteiger partial charge in [0, 0.05) is 12.2 Å². The van der Waals surface area contributed by atoms with Crippen LogP contribution in [0.2, 0.25) is 5.02 Å². The topological polar surface area (TPSA) is 55.1 Å². The molecule has 0 fully saturated rings. The third kappa shape index (κ3) is 5.83. The van der Waals surface area contributed by atoms with Gasteiger partial charge in [-0.25, -0.2) is 0 Å². The first kappa shape index (κ1) is 16.8. The molecule has 4 heteroatoms. The summed E-state index contributed by atoms with van der Waals surface area (Å²) in [7, 11) is 0. The van der Waals surface area contributed by atoms with Gasteiger partial charge in [-0.2, -0.15) is 0 Å². The van der Waals surface area contributed by atoms with Crippen molar-refractivity contribution in [3.05, 3.63) is 28.8 Å². The molecule has 0 aliphatic carbocycles. The number of rotatable bonds is 8. The highest BCUT2D eigenvalue weighted by atomic mass is 35.5. The molecule has 20 heavy (non-hydrogen) atoms. The number of carbonyl (C=O) groups excluding carboxylic acids is 1. The molecule has 0 heterocycles. The molecule has 0 aliphatic heterocycles. The van der Waals surface area contributed by atoms with Crippen LogP contribution in [-0.4, -0.2) is 12.5 Å². The number of nitrogens with two attached hydrogens (primary N) is 1. The van der Waals surface area contributed by atoms with Gasteiger partial charge < -0.3 is 11.1 Å². The minimum atomic E-state index is -0.185.